The van der Waals surface area contributed by atoms with Gasteiger partial charge in [0.2, 0.25) is 15.9 Å². The van der Waals surface area contributed by atoms with Crippen molar-refractivity contribution in [3.63, 3.8) is 0 Å². The molecule has 1 saturated heterocycles. The number of sulfonamides is 1. The summed E-state index contributed by atoms with van der Waals surface area (Å²) in [6.07, 6.45) is -2.55. The number of alkyl halides is 3. The molecule has 1 fully saturated rings. The molecular formula is C21H24F3N3O4S. The Morgan fingerprint density at radius 2 is 1.62 bits per heavy atom. The Morgan fingerprint density at radius 3 is 2.22 bits per heavy atom. The third kappa shape index (κ3) is 7.13. The van der Waals surface area contributed by atoms with Gasteiger partial charge in [0.15, 0.2) is 0 Å². The second kappa shape index (κ2) is 10.2. The normalized spacial score (nSPS) is 14.4. The summed E-state index contributed by atoms with van der Waals surface area (Å²) < 4.78 is 66.9. The van der Waals surface area contributed by atoms with E-state index in [9.17, 15) is 26.4 Å². The maximum atomic E-state index is 12.2. The number of ether oxygens (including phenoxy) is 1. The Morgan fingerprint density at radius 1 is 1.00 bits per heavy atom. The number of hydrogen-bond acceptors (Lipinski definition) is 5. The highest BCUT2D eigenvalue weighted by atomic mass is 32.2. The van der Waals surface area contributed by atoms with Gasteiger partial charge in [-0.15, -0.1) is 13.2 Å². The van der Waals surface area contributed by atoms with Crippen molar-refractivity contribution in [2.75, 3.05) is 24.5 Å². The van der Waals surface area contributed by atoms with Crippen molar-refractivity contribution < 1.29 is 31.1 Å². The minimum atomic E-state index is -4.86. The molecule has 32 heavy (non-hydrogen) atoms. The SMILES string of the molecule is O=C(CCNS(=O)(=O)c1ccc(OC(F)(F)F)cc1)NCc1ccc(N2CCCC2)cc1. The molecule has 0 atom stereocenters. The molecule has 3 rings (SSSR count). The van der Waals surface area contributed by atoms with Crippen LogP contribution in [0.2, 0.25) is 0 Å². The van der Waals surface area contributed by atoms with Crippen LogP contribution in [0.15, 0.2) is 53.4 Å². The Labute approximate surface area is 184 Å². The van der Waals surface area contributed by atoms with Gasteiger partial charge in [-0.1, -0.05) is 12.1 Å². The van der Waals surface area contributed by atoms with Gasteiger partial charge in [0.25, 0.3) is 0 Å². The lowest BCUT2D eigenvalue weighted by Gasteiger charge is -2.17. The first kappa shape index (κ1) is 23.9. The highest BCUT2D eigenvalue weighted by Crippen LogP contribution is 2.24. The monoisotopic (exact) mass is 471 g/mol. The van der Waals surface area contributed by atoms with Crippen LogP contribution < -0.4 is 19.7 Å². The van der Waals surface area contributed by atoms with Crippen molar-refractivity contribution in [1.29, 1.82) is 0 Å². The molecule has 0 spiro atoms. The van der Waals surface area contributed by atoms with Crippen molar-refractivity contribution in [2.45, 2.75) is 37.1 Å². The van der Waals surface area contributed by atoms with Crippen molar-refractivity contribution in [1.82, 2.24) is 10.0 Å². The maximum Gasteiger partial charge on any atom is 0.573 e. The number of benzene rings is 2. The van der Waals surface area contributed by atoms with Crippen LogP contribution in [0.3, 0.4) is 0 Å². The zero-order valence-corrected chi connectivity index (χ0v) is 18.0. The molecular weight excluding hydrogens is 447 g/mol. The highest BCUT2D eigenvalue weighted by Gasteiger charge is 2.31. The predicted octanol–water partition coefficient (Wildman–Crippen LogP) is 3.17. The number of hydrogen-bond donors (Lipinski definition) is 2. The van der Waals surface area contributed by atoms with Crippen molar-refractivity contribution in [3.8, 4) is 5.75 Å². The van der Waals surface area contributed by atoms with E-state index in [4.69, 9.17) is 0 Å². The molecule has 0 radical (unpaired) electrons. The van der Waals surface area contributed by atoms with Gasteiger partial charge in [-0.2, -0.15) is 0 Å². The molecule has 0 unspecified atom stereocenters. The minimum Gasteiger partial charge on any atom is -0.406 e. The van der Waals surface area contributed by atoms with Gasteiger partial charge in [0, 0.05) is 38.3 Å². The molecule has 1 aliphatic heterocycles. The van der Waals surface area contributed by atoms with Crippen LogP contribution in [0.4, 0.5) is 18.9 Å². The number of carbonyl (C=O) groups is 1. The molecule has 2 N–H and O–H groups in total. The topological polar surface area (TPSA) is 87.7 Å². The smallest absolute Gasteiger partial charge is 0.406 e. The van der Waals surface area contributed by atoms with Crippen LogP contribution in [-0.2, 0) is 21.4 Å². The van der Waals surface area contributed by atoms with Crippen molar-refractivity contribution in [3.05, 3.63) is 54.1 Å². The largest absolute Gasteiger partial charge is 0.573 e. The van der Waals surface area contributed by atoms with Crippen LogP contribution in [0.5, 0.6) is 5.75 Å². The van der Waals surface area contributed by atoms with E-state index in [2.05, 4.69) is 19.7 Å². The molecule has 1 amide bonds. The standard InChI is InChI=1S/C21H24F3N3O4S/c22-21(23,24)31-18-7-9-19(10-8-18)32(29,30)26-12-11-20(28)25-15-16-3-5-17(6-4-16)27-13-1-2-14-27/h3-10,26H,1-2,11-15H2,(H,25,28). The molecule has 0 aromatic heterocycles. The Kier molecular flexibility index (Phi) is 7.62. The van der Waals surface area contributed by atoms with E-state index in [1.807, 2.05) is 24.3 Å². The molecule has 2 aromatic rings. The molecule has 174 valence electrons. The fourth-order valence-electron chi connectivity index (χ4n) is 3.29. The third-order valence-electron chi connectivity index (χ3n) is 4.91. The van der Waals surface area contributed by atoms with E-state index in [-0.39, 0.29) is 23.8 Å². The minimum absolute atomic E-state index is 0.0830. The van der Waals surface area contributed by atoms with Gasteiger partial charge in [-0.05, 0) is 54.8 Å². The first-order valence-corrected chi connectivity index (χ1v) is 11.6. The van der Waals surface area contributed by atoms with E-state index in [0.29, 0.717) is 6.54 Å². The number of anilines is 1. The zero-order chi connectivity index (χ0) is 23.2. The summed E-state index contributed by atoms with van der Waals surface area (Å²) in [5.41, 5.74) is 2.09. The van der Waals surface area contributed by atoms with Gasteiger partial charge in [-0.3, -0.25) is 4.79 Å². The summed E-state index contributed by atoms with van der Waals surface area (Å²) >= 11 is 0. The number of amides is 1. The Hall–Kier alpha value is -2.79. The molecule has 7 nitrogen and oxygen atoms in total. The average molecular weight is 472 g/mol. The fraction of sp³-hybridized carbons (Fsp3) is 0.381. The first-order chi connectivity index (χ1) is 15.1. The lowest BCUT2D eigenvalue weighted by atomic mass is 10.2. The number of halogens is 3. The number of nitrogens with zero attached hydrogens (tertiary/aromatic N) is 1. The summed E-state index contributed by atoms with van der Waals surface area (Å²) in [5.74, 6) is -0.852. The molecule has 0 aliphatic carbocycles. The molecule has 1 aliphatic rings. The quantitative estimate of drug-likeness (QED) is 0.587. The van der Waals surface area contributed by atoms with Crippen LogP contribution >= 0.6 is 0 Å². The maximum absolute atomic E-state index is 12.2. The van der Waals surface area contributed by atoms with E-state index in [0.717, 1.165) is 48.6 Å². The fourth-order valence-corrected chi connectivity index (χ4v) is 4.32. The van der Waals surface area contributed by atoms with Gasteiger partial charge >= 0.3 is 6.36 Å². The van der Waals surface area contributed by atoms with Crippen LogP contribution in [-0.4, -0.2) is 40.3 Å². The molecule has 0 saturated carbocycles. The summed E-state index contributed by atoms with van der Waals surface area (Å²) in [7, 11) is -3.97. The third-order valence-corrected chi connectivity index (χ3v) is 6.39. The summed E-state index contributed by atoms with van der Waals surface area (Å²) in [4.78, 5) is 14.1. The second-order valence-corrected chi connectivity index (χ2v) is 9.07. The average Bonchev–Trinajstić information content (AvgIpc) is 3.27. The summed E-state index contributed by atoms with van der Waals surface area (Å²) in [6.45, 7) is 2.28. The van der Waals surface area contributed by atoms with Crippen molar-refractivity contribution in [2.24, 2.45) is 0 Å². The van der Waals surface area contributed by atoms with Crippen molar-refractivity contribution >= 4 is 21.6 Å². The van der Waals surface area contributed by atoms with Crippen LogP contribution in [0.25, 0.3) is 0 Å². The van der Waals surface area contributed by atoms with E-state index < -0.39 is 22.1 Å². The van der Waals surface area contributed by atoms with Crippen LogP contribution in [0, 0.1) is 0 Å². The summed E-state index contributed by atoms with van der Waals surface area (Å²) in [5, 5.41) is 2.73. The zero-order valence-electron chi connectivity index (χ0n) is 17.2. The number of carbonyl (C=O) groups excluding carboxylic acids is 1. The van der Waals surface area contributed by atoms with Gasteiger partial charge in [-0.25, -0.2) is 13.1 Å². The lowest BCUT2D eigenvalue weighted by Crippen LogP contribution is -2.30. The molecule has 2 aromatic carbocycles. The lowest BCUT2D eigenvalue weighted by molar-refractivity contribution is -0.274. The van der Waals surface area contributed by atoms with Crippen LogP contribution in [0.1, 0.15) is 24.8 Å². The van der Waals surface area contributed by atoms with Gasteiger partial charge in [0.05, 0.1) is 4.90 Å². The highest BCUT2D eigenvalue weighted by molar-refractivity contribution is 7.89. The second-order valence-electron chi connectivity index (χ2n) is 7.30. The van der Waals surface area contributed by atoms with Gasteiger partial charge in [0.1, 0.15) is 5.75 Å². The Balaban J connectivity index is 1.41. The van der Waals surface area contributed by atoms with E-state index >= 15 is 0 Å². The number of nitrogens with one attached hydrogen (secondary N) is 2. The predicted molar refractivity (Wildman–Crippen MR) is 113 cm³/mol. The number of rotatable bonds is 9. The first-order valence-electron chi connectivity index (χ1n) is 10.1. The van der Waals surface area contributed by atoms with Gasteiger partial charge < -0.3 is 15.0 Å². The van der Waals surface area contributed by atoms with E-state index in [1.165, 1.54) is 12.8 Å². The molecule has 11 heteroatoms. The van der Waals surface area contributed by atoms with E-state index in [1.54, 1.807) is 0 Å². The Bertz CT molecular complexity index is 1000. The molecule has 0 bridgehead atoms. The molecule has 1 heterocycles. The summed E-state index contributed by atoms with van der Waals surface area (Å²) in [6, 6.07) is 11.7.